The van der Waals surface area contributed by atoms with E-state index in [4.69, 9.17) is 10.5 Å². The number of nitrogens with two attached hydrogens (primary N) is 1. The first-order chi connectivity index (χ1) is 8.84. The third kappa shape index (κ3) is 4.82. The van der Waals surface area contributed by atoms with Gasteiger partial charge in [0.05, 0.1) is 6.61 Å². The van der Waals surface area contributed by atoms with Crippen LogP contribution >= 0.6 is 0 Å². The summed E-state index contributed by atoms with van der Waals surface area (Å²) in [5, 5.41) is 3.20. The zero-order valence-electron chi connectivity index (χ0n) is 11.2. The number of rotatable bonds is 5. The highest BCUT2D eigenvalue weighted by atomic mass is 16.5. The lowest BCUT2D eigenvalue weighted by Gasteiger charge is -2.23. The number of hydrogen-bond acceptors (Lipinski definition) is 3. The van der Waals surface area contributed by atoms with Gasteiger partial charge in [-0.15, -0.1) is 0 Å². The molecule has 1 aliphatic heterocycles. The summed E-state index contributed by atoms with van der Waals surface area (Å²) in [5.74, 6) is 1.39. The number of ether oxygens (including phenoxy) is 1. The van der Waals surface area contributed by atoms with Crippen LogP contribution in [0.4, 0.5) is 0 Å². The third-order valence-electron chi connectivity index (χ3n) is 3.79. The number of hydrogen-bond donors (Lipinski definition) is 2. The van der Waals surface area contributed by atoms with Crippen molar-refractivity contribution in [3.05, 3.63) is 0 Å². The summed E-state index contributed by atoms with van der Waals surface area (Å²) in [7, 11) is 0. The first-order valence-corrected chi connectivity index (χ1v) is 7.18. The minimum atomic E-state index is 0.605. The van der Waals surface area contributed by atoms with Gasteiger partial charge in [-0.05, 0) is 25.2 Å². The molecule has 3 N–H and O–H groups in total. The van der Waals surface area contributed by atoms with Crippen molar-refractivity contribution in [3.63, 3.8) is 0 Å². The fourth-order valence-corrected chi connectivity index (χ4v) is 2.32. The second-order valence-corrected chi connectivity index (χ2v) is 5.26. The van der Waals surface area contributed by atoms with Crippen molar-refractivity contribution < 1.29 is 4.74 Å². The van der Waals surface area contributed by atoms with Crippen molar-refractivity contribution in [2.24, 2.45) is 16.6 Å². The molecule has 2 aliphatic rings. The first kappa shape index (κ1) is 13.6. The standard InChI is InChI=1S/C13H26N4O/c14-13(16-11-12-3-1-4-12)15-5-7-17-6-2-9-18-10-8-17/h12H,1-11H2,(H3,14,15,16). The van der Waals surface area contributed by atoms with Crippen LogP contribution in [-0.2, 0) is 4.74 Å². The Bertz CT molecular complexity index is 258. The Morgan fingerprint density at radius 1 is 1.28 bits per heavy atom. The van der Waals surface area contributed by atoms with Gasteiger partial charge in [0.25, 0.3) is 0 Å². The van der Waals surface area contributed by atoms with Crippen molar-refractivity contribution in [2.75, 3.05) is 45.9 Å². The van der Waals surface area contributed by atoms with Crippen LogP contribution in [0.5, 0.6) is 0 Å². The Morgan fingerprint density at radius 3 is 2.94 bits per heavy atom. The molecule has 0 atom stereocenters. The van der Waals surface area contributed by atoms with Crippen molar-refractivity contribution in [3.8, 4) is 0 Å². The number of nitrogens with one attached hydrogen (secondary N) is 1. The molecule has 5 heteroatoms. The number of aliphatic imine (C=N–C) groups is 1. The highest BCUT2D eigenvalue weighted by Gasteiger charge is 2.16. The summed E-state index contributed by atoms with van der Waals surface area (Å²) in [6.45, 7) is 6.70. The second-order valence-electron chi connectivity index (χ2n) is 5.26. The highest BCUT2D eigenvalue weighted by Crippen LogP contribution is 2.26. The fraction of sp³-hybridized carbons (Fsp3) is 0.923. The lowest BCUT2D eigenvalue weighted by molar-refractivity contribution is 0.141. The monoisotopic (exact) mass is 254 g/mol. The minimum Gasteiger partial charge on any atom is -0.380 e. The molecule has 1 saturated carbocycles. The first-order valence-electron chi connectivity index (χ1n) is 7.18. The van der Waals surface area contributed by atoms with Crippen LogP contribution in [0.1, 0.15) is 25.7 Å². The Morgan fingerprint density at radius 2 is 2.17 bits per heavy atom. The van der Waals surface area contributed by atoms with Crippen LogP contribution in [0.3, 0.4) is 0 Å². The highest BCUT2D eigenvalue weighted by molar-refractivity contribution is 5.77. The molecule has 0 aromatic rings. The molecule has 0 unspecified atom stereocenters. The molecule has 2 rings (SSSR count). The quantitative estimate of drug-likeness (QED) is 0.551. The molecule has 1 heterocycles. The summed E-state index contributed by atoms with van der Waals surface area (Å²) in [6.07, 6.45) is 5.14. The Labute approximate surface area is 110 Å². The van der Waals surface area contributed by atoms with E-state index in [0.29, 0.717) is 5.96 Å². The zero-order chi connectivity index (χ0) is 12.6. The Balaban J connectivity index is 1.55. The van der Waals surface area contributed by atoms with Crippen LogP contribution in [0.25, 0.3) is 0 Å². The molecular formula is C13H26N4O. The average molecular weight is 254 g/mol. The van der Waals surface area contributed by atoms with Gasteiger partial charge in [-0.3, -0.25) is 9.89 Å². The van der Waals surface area contributed by atoms with Crippen molar-refractivity contribution >= 4 is 5.96 Å². The second kappa shape index (κ2) is 7.59. The number of nitrogens with zero attached hydrogens (tertiary/aromatic N) is 2. The Hall–Kier alpha value is -0.810. The normalized spacial score (nSPS) is 23.4. The Kier molecular flexibility index (Phi) is 5.74. The summed E-state index contributed by atoms with van der Waals surface area (Å²) in [5.41, 5.74) is 5.84. The predicted octanol–water partition coefficient (Wildman–Crippen LogP) is 0.413. The molecule has 18 heavy (non-hydrogen) atoms. The minimum absolute atomic E-state index is 0.605. The van der Waals surface area contributed by atoms with E-state index < -0.39 is 0 Å². The smallest absolute Gasteiger partial charge is 0.188 e. The van der Waals surface area contributed by atoms with Gasteiger partial charge in [0, 0.05) is 39.3 Å². The van der Waals surface area contributed by atoms with Gasteiger partial charge in [-0.25, -0.2) is 0 Å². The maximum atomic E-state index is 5.84. The molecule has 0 bridgehead atoms. The maximum Gasteiger partial charge on any atom is 0.188 e. The van der Waals surface area contributed by atoms with E-state index in [1.54, 1.807) is 0 Å². The topological polar surface area (TPSA) is 62.9 Å². The van der Waals surface area contributed by atoms with E-state index in [0.717, 1.165) is 58.3 Å². The largest absolute Gasteiger partial charge is 0.380 e. The van der Waals surface area contributed by atoms with Crippen LogP contribution in [0.15, 0.2) is 4.99 Å². The van der Waals surface area contributed by atoms with Gasteiger partial charge in [-0.1, -0.05) is 6.42 Å². The van der Waals surface area contributed by atoms with Crippen LogP contribution in [0.2, 0.25) is 0 Å². The third-order valence-corrected chi connectivity index (χ3v) is 3.79. The van der Waals surface area contributed by atoms with Gasteiger partial charge in [0.15, 0.2) is 5.96 Å². The molecule has 5 nitrogen and oxygen atoms in total. The van der Waals surface area contributed by atoms with Gasteiger partial charge in [0.2, 0.25) is 0 Å². The molecule has 0 radical (unpaired) electrons. The van der Waals surface area contributed by atoms with E-state index in [2.05, 4.69) is 15.2 Å². The fourth-order valence-electron chi connectivity index (χ4n) is 2.32. The van der Waals surface area contributed by atoms with Crippen LogP contribution in [-0.4, -0.2) is 56.8 Å². The van der Waals surface area contributed by atoms with Gasteiger partial charge >= 0.3 is 0 Å². The van der Waals surface area contributed by atoms with E-state index in [-0.39, 0.29) is 0 Å². The molecule has 2 fully saturated rings. The summed E-state index contributed by atoms with van der Waals surface area (Å²) < 4.78 is 5.43. The van der Waals surface area contributed by atoms with Gasteiger partial charge < -0.3 is 15.8 Å². The molecule has 0 spiro atoms. The zero-order valence-corrected chi connectivity index (χ0v) is 11.2. The molecule has 1 saturated heterocycles. The SMILES string of the molecule is NC(=NCC1CCC1)NCCN1CCCOCC1. The lowest BCUT2D eigenvalue weighted by atomic mass is 9.86. The van der Waals surface area contributed by atoms with Crippen LogP contribution < -0.4 is 11.1 Å². The van der Waals surface area contributed by atoms with Crippen molar-refractivity contribution in [2.45, 2.75) is 25.7 Å². The van der Waals surface area contributed by atoms with Gasteiger partial charge in [0.1, 0.15) is 0 Å². The summed E-state index contributed by atoms with van der Waals surface area (Å²) in [6, 6.07) is 0. The van der Waals surface area contributed by atoms with Crippen LogP contribution in [0, 0.1) is 5.92 Å². The molecule has 104 valence electrons. The number of guanidine groups is 1. The summed E-state index contributed by atoms with van der Waals surface area (Å²) >= 11 is 0. The average Bonchev–Trinajstić information content (AvgIpc) is 2.55. The maximum absolute atomic E-state index is 5.84. The lowest BCUT2D eigenvalue weighted by Crippen LogP contribution is -2.39. The molecule has 0 aromatic carbocycles. The predicted molar refractivity (Wildman–Crippen MR) is 73.7 cm³/mol. The molecular weight excluding hydrogens is 228 g/mol. The summed E-state index contributed by atoms with van der Waals surface area (Å²) in [4.78, 5) is 6.80. The van der Waals surface area contributed by atoms with Gasteiger partial charge in [-0.2, -0.15) is 0 Å². The molecule has 1 aliphatic carbocycles. The van der Waals surface area contributed by atoms with E-state index in [1.807, 2.05) is 0 Å². The molecule has 0 aromatic heterocycles. The van der Waals surface area contributed by atoms with E-state index in [9.17, 15) is 0 Å². The van der Waals surface area contributed by atoms with Crippen molar-refractivity contribution in [1.29, 1.82) is 0 Å². The van der Waals surface area contributed by atoms with E-state index >= 15 is 0 Å². The van der Waals surface area contributed by atoms with Crippen molar-refractivity contribution in [1.82, 2.24) is 10.2 Å². The molecule has 0 amide bonds. The van der Waals surface area contributed by atoms with E-state index in [1.165, 1.54) is 19.3 Å².